The van der Waals surface area contributed by atoms with Crippen molar-refractivity contribution < 1.29 is 13.0 Å². The second-order valence-corrected chi connectivity index (χ2v) is 3.81. The standard InChI is InChI=1S/C4H9ClO3S/c1-4(2-5)3-9(6,7)8/h4H,2-3H2,1H3,(H,6,7,8). The third-order valence-corrected chi connectivity index (χ3v) is 2.28. The second-order valence-electron chi connectivity index (χ2n) is 2.01. The van der Waals surface area contributed by atoms with Crippen LogP contribution in [0.3, 0.4) is 0 Å². The van der Waals surface area contributed by atoms with Crippen LogP contribution in [0.4, 0.5) is 0 Å². The fourth-order valence-electron chi connectivity index (χ4n) is 0.404. The monoisotopic (exact) mass is 172 g/mol. The largest absolute Gasteiger partial charge is 0.286 e. The van der Waals surface area contributed by atoms with Gasteiger partial charge < -0.3 is 0 Å². The maximum absolute atomic E-state index is 10.1. The summed E-state index contributed by atoms with van der Waals surface area (Å²) in [4.78, 5) is 0. The molecule has 0 saturated carbocycles. The Morgan fingerprint density at radius 2 is 2.11 bits per heavy atom. The molecule has 1 unspecified atom stereocenters. The Morgan fingerprint density at radius 3 is 2.22 bits per heavy atom. The summed E-state index contributed by atoms with van der Waals surface area (Å²) < 4.78 is 28.4. The summed E-state index contributed by atoms with van der Waals surface area (Å²) in [6.45, 7) is 1.65. The normalized spacial score (nSPS) is 15.4. The zero-order chi connectivity index (χ0) is 7.49. The summed E-state index contributed by atoms with van der Waals surface area (Å²) >= 11 is 5.28. The molecule has 3 nitrogen and oxygen atoms in total. The molecule has 0 rings (SSSR count). The quantitative estimate of drug-likeness (QED) is 0.505. The number of hydrogen-bond acceptors (Lipinski definition) is 2. The highest BCUT2D eigenvalue weighted by atomic mass is 35.5. The van der Waals surface area contributed by atoms with Crippen molar-refractivity contribution >= 4 is 21.7 Å². The van der Waals surface area contributed by atoms with Gasteiger partial charge in [-0.25, -0.2) is 0 Å². The Morgan fingerprint density at radius 1 is 1.67 bits per heavy atom. The topological polar surface area (TPSA) is 54.4 Å². The van der Waals surface area contributed by atoms with Gasteiger partial charge in [0.1, 0.15) is 0 Å². The van der Waals surface area contributed by atoms with E-state index in [9.17, 15) is 8.42 Å². The van der Waals surface area contributed by atoms with Crippen molar-refractivity contribution in [1.29, 1.82) is 0 Å². The Bertz CT molecular complexity index is 163. The van der Waals surface area contributed by atoms with Gasteiger partial charge in [0.15, 0.2) is 0 Å². The number of hydrogen-bond donors (Lipinski definition) is 1. The maximum atomic E-state index is 10.1. The van der Waals surface area contributed by atoms with E-state index in [2.05, 4.69) is 0 Å². The van der Waals surface area contributed by atoms with Crippen LogP contribution in [0.5, 0.6) is 0 Å². The van der Waals surface area contributed by atoms with E-state index in [0.717, 1.165) is 0 Å². The Hall–Kier alpha value is 0.200. The lowest BCUT2D eigenvalue weighted by Gasteiger charge is -2.01. The molecule has 56 valence electrons. The molecule has 0 bridgehead atoms. The molecule has 0 heterocycles. The zero-order valence-corrected chi connectivity index (χ0v) is 6.61. The lowest BCUT2D eigenvalue weighted by atomic mass is 10.3. The molecule has 0 amide bonds. The molecule has 0 aromatic carbocycles. The highest BCUT2D eigenvalue weighted by Gasteiger charge is 2.10. The van der Waals surface area contributed by atoms with Crippen molar-refractivity contribution in [2.75, 3.05) is 11.6 Å². The summed E-state index contributed by atoms with van der Waals surface area (Å²) in [5, 5.41) is 0. The third-order valence-electron chi connectivity index (χ3n) is 0.759. The van der Waals surface area contributed by atoms with E-state index in [1.807, 2.05) is 0 Å². The molecule has 1 atom stereocenters. The fourth-order valence-corrected chi connectivity index (χ4v) is 1.48. The highest BCUT2D eigenvalue weighted by Crippen LogP contribution is 2.00. The van der Waals surface area contributed by atoms with Crippen molar-refractivity contribution in [2.45, 2.75) is 6.92 Å². The highest BCUT2D eigenvalue weighted by molar-refractivity contribution is 7.85. The minimum atomic E-state index is -3.82. The van der Waals surface area contributed by atoms with E-state index in [1.165, 1.54) is 0 Å². The molecular formula is C4H9ClO3S. The molecule has 0 saturated heterocycles. The summed E-state index contributed by atoms with van der Waals surface area (Å²) in [7, 11) is -3.82. The van der Waals surface area contributed by atoms with Gasteiger partial charge in [-0.15, -0.1) is 11.6 Å². The van der Waals surface area contributed by atoms with Crippen molar-refractivity contribution in [3.05, 3.63) is 0 Å². The minimum Gasteiger partial charge on any atom is -0.286 e. The molecule has 0 radical (unpaired) electrons. The van der Waals surface area contributed by atoms with E-state index in [4.69, 9.17) is 16.2 Å². The minimum absolute atomic E-state index is 0.179. The van der Waals surface area contributed by atoms with Crippen LogP contribution in [0.25, 0.3) is 0 Å². The molecule has 0 aromatic rings. The van der Waals surface area contributed by atoms with E-state index >= 15 is 0 Å². The Balaban J connectivity index is 3.75. The smallest absolute Gasteiger partial charge is 0.265 e. The van der Waals surface area contributed by atoms with E-state index in [1.54, 1.807) is 6.92 Å². The van der Waals surface area contributed by atoms with E-state index in [-0.39, 0.29) is 17.6 Å². The first kappa shape index (κ1) is 9.20. The average Bonchev–Trinajstić information content (AvgIpc) is 1.62. The molecule has 0 spiro atoms. The summed E-state index contributed by atoms with van der Waals surface area (Å²) in [5.74, 6) is -0.183. The van der Waals surface area contributed by atoms with Crippen LogP contribution in [0, 0.1) is 5.92 Å². The number of rotatable bonds is 3. The van der Waals surface area contributed by atoms with Crippen LogP contribution in [-0.2, 0) is 10.1 Å². The first-order valence-electron chi connectivity index (χ1n) is 2.47. The first-order chi connectivity index (χ1) is 3.95. The average molecular weight is 173 g/mol. The Kier molecular flexibility index (Phi) is 3.46. The summed E-state index contributed by atoms with van der Waals surface area (Å²) in [6, 6.07) is 0. The van der Waals surface area contributed by atoms with Gasteiger partial charge in [0.05, 0.1) is 5.75 Å². The molecule has 1 N–H and O–H groups in total. The molecule has 0 fully saturated rings. The van der Waals surface area contributed by atoms with Crippen molar-refractivity contribution in [3.8, 4) is 0 Å². The van der Waals surface area contributed by atoms with Gasteiger partial charge >= 0.3 is 0 Å². The molecular weight excluding hydrogens is 164 g/mol. The van der Waals surface area contributed by atoms with Crippen molar-refractivity contribution in [3.63, 3.8) is 0 Å². The van der Waals surface area contributed by atoms with Crippen LogP contribution >= 0.6 is 11.6 Å². The first-order valence-corrected chi connectivity index (χ1v) is 4.61. The van der Waals surface area contributed by atoms with Gasteiger partial charge in [-0.2, -0.15) is 8.42 Å². The third kappa shape index (κ3) is 6.08. The van der Waals surface area contributed by atoms with Gasteiger partial charge in [-0.05, 0) is 5.92 Å². The molecule has 0 aliphatic carbocycles. The molecule has 0 aliphatic rings. The molecule has 5 heteroatoms. The fraction of sp³-hybridized carbons (Fsp3) is 1.00. The predicted molar refractivity (Wildman–Crippen MR) is 36.3 cm³/mol. The van der Waals surface area contributed by atoms with Crippen LogP contribution in [-0.4, -0.2) is 24.6 Å². The van der Waals surface area contributed by atoms with Gasteiger partial charge in [0, 0.05) is 5.88 Å². The van der Waals surface area contributed by atoms with Crippen LogP contribution in [0.2, 0.25) is 0 Å². The maximum Gasteiger partial charge on any atom is 0.265 e. The Labute approximate surface area is 59.8 Å². The SMILES string of the molecule is CC(CCl)CS(=O)(=O)O. The number of halogens is 1. The van der Waals surface area contributed by atoms with Crippen molar-refractivity contribution in [1.82, 2.24) is 0 Å². The van der Waals surface area contributed by atoms with Gasteiger partial charge in [0.25, 0.3) is 10.1 Å². The van der Waals surface area contributed by atoms with Crippen LogP contribution in [0.15, 0.2) is 0 Å². The molecule has 0 aromatic heterocycles. The lowest BCUT2D eigenvalue weighted by molar-refractivity contribution is 0.474. The number of alkyl halides is 1. The van der Waals surface area contributed by atoms with Gasteiger partial charge in [-0.3, -0.25) is 4.55 Å². The molecule has 9 heavy (non-hydrogen) atoms. The van der Waals surface area contributed by atoms with Gasteiger partial charge in [-0.1, -0.05) is 6.92 Å². The van der Waals surface area contributed by atoms with E-state index in [0.29, 0.717) is 0 Å². The van der Waals surface area contributed by atoms with E-state index < -0.39 is 10.1 Å². The lowest BCUT2D eigenvalue weighted by Crippen LogP contribution is -2.13. The second kappa shape index (κ2) is 3.39. The van der Waals surface area contributed by atoms with Crippen LogP contribution < -0.4 is 0 Å². The predicted octanol–water partition coefficient (Wildman–Crippen LogP) is 0.749. The van der Waals surface area contributed by atoms with Crippen LogP contribution in [0.1, 0.15) is 6.92 Å². The summed E-state index contributed by atoms with van der Waals surface area (Å²) in [5.41, 5.74) is 0. The van der Waals surface area contributed by atoms with Crippen molar-refractivity contribution in [2.24, 2.45) is 5.92 Å². The zero-order valence-electron chi connectivity index (χ0n) is 5.04. The molecule has 0 aliphatic heterocycles. The van der Waals surface area contributed by atoms with Gasteiger partial charge in [0.2, 0.25) is 0 Å². The summed E-state index contributed by atoms with van der Waals surface area (Å²) in [6.07, 6.45) is 0.